The van der Waals surface area contributed by atoms with Gasteiger partial charge in [0.1, 0.15) is 0 Å². The van der Waals surface area contributed by atoms with Crippen molar-refractivity contribution in [2.45, 2.75) is 19.4 Å². The molecule has 0 aromatic carbocycles. The molecule has 1 aliphatic rings. The minimum atomic E-state index is 0.137. The van der Waals surface area contributed by atoms with Gasteiger partial charge in [0.2, 0.25) is 5.91 Å². The molecular weight excluding hydrogens is 214 g/mol. The first kappa shape index (κ1) is 12.0. The Morgan fingerprint density at radius 3 is 3.12 bits per heavy atom. The van der Waals surface area contributed by atoms with Gasteiger partial charge in [-0.25, -0.2) is 0 Å². The van der Waals surface area contributed by atoms with E-state index in [1.165, 1.54) is 0 Å². The lowest BCUT2D eigenvalue weighted by molar-refractivity contribution is -0.135. The van der Waals surface area contributed by atoms with Crippen molar-refractivity contribution in [1.29, 1.82) is 0 Å². The summed E-state index contributed by atoms with van der Waals surface area (Å²) in [5, 5.41) is 3.27. The minimum Gasteiger partial charge on any atom is -0.340 e. The predicted octanol–water partition coefficient (Wildman–Crippen LogP) is 1.04. The molecule has 92 valence electrons. The van der Waals surface area contributed by atoms with Gasteiger partial charge < -0.3 is 10.2 Å². The Bertz CT molecular complexity index is 360. The molecule has 2 heterocycles. The summed E-state index contributed by atoms with van der Waals surface area (Å²) in [4.78, 5) is 18.2. The van der Waals surface area contributed by atoms with Gasteiger partial charge in [-0.15, -0.1) is 0 Å². The Balaban J connectivity index is 1.90. The second-order valence-corrected chi connectivity index (χ2v) is 4.56. The molecule has 1 atom stereocenters. The van der Waals surface area contributed by atoms with Crippen LogP contribution >= 0.6 is 0 Å². The fourth-order valence-corrected chi connectivity index (χ4v) is 2.19. The third-order valence-corrected chi connectivity index (χ3v) is 3.15. The number of carbonyl (C=O) groups excluding carboxylic acids is 1. The Labute approximate surface area is 102 Å². The smallest absolute Gasteiger partial charge is 0.227 e. The Hall–Kier alpha value is -1.42. The van der Waals surface area contributed by atoms with E-state index in [1.807, 2.05) is 25.2 Å². The van der Waals surface area contributed by atoms with Crippen molar-refractivity contribution in [3.05, 3.63) is 30.1 Å². The van der Waals surface area contributed by atoms with Crippen LogP contribution < -0.4 is 5.32 Å². The van der Waals surface area contributed by atoms with E-state index in [9.17, 15) is 4.79 Å². The molecule has 0 saturated carbocycles. The second kappa shape index (κ2) is 5.77. The van der Waals surface area contributed by atoms with E-state index in [2.05, 4.69) is 10.3 Å². The van der Waals surface area contributed by atoms with Crippen LogP contribution in [-0.4, -0.2) is 35.9 Å². The van der Waals surface area contributed by atoms with E-state index >= 15 is 0 Å². The quantitative estimate of drug-likeness (QED) is 0.848. The standard InChI is InChI=1S/C13H19N3O/c1-16(10-12-6-2-3-8-15-12)13(17)11-5-4-7-14-9-11/h2-3,6,8,11,14H,4-5,7,9-10H2,1H3/t11-/m0/s1. The van der Waals surface area contributed by atoms with Crippen LogP contribution in [0, 0.1) is 5.92 Å². The first-order chi connectivity index (χ1) is 8.27. The number of amides is 1. The summed E-state index contributed by atoms with van der Waals surface area (Å²) in [6, 6.07) is 5.78. The van der Waals surface area contributed by atoms with Gasteiger partial charge in [0.15, 0.2) is 0 Å². The van der Waals surface area contributed by atoms with Crippen LogP contribution in [0.25, 0.3) is 0 Å². The van der Waals surface area contributed by atoms with Crippen LogP contribution in [0.1, 0.15) is 18.5 Å². The molecule has 1 amide bonds. The summed E-state index contributed by atoms with van der Waals surface area (Å²) in [5.74, 6) is 0.361. The molecule has 4 nitrogen and oxygen atoms in total. The molecule has 0 bridgehead atoms. The number of rotatable bonds is 3. The summed E-state index contributed by atoms with van der Waals surface area (Å²) in [6.45, 7) is 2.44. The molecule has 4 heteroatoms. The zero-order valence-electron chi connectivity index (χ0n) is 10.2. The Morgan fingerprint density at radius 2 is 2.47 bits per heavy atom. The molecule has 0 unspecified atom stereocenters. The predicted molar refractivity (Wildman–Crippen MR) is 66.3 cm³/mol. The number of nitrogens with zero attached hydrogens (tertiary/aromatic N) is 2. The number of nitrogens with one attached hydrogen (secondary N) is 1. The fraction of sp³-hybridized carbons (Fsp3) is 0.538. The monoisotopic (exact) mass is 233 g/mol. The molecule has 0 radical (unpaired) electrons. The third-order valence-electron chi connectivity index (χ3n) is 3.15. The zero-order chi connectivity index (χ0) is 12.1. The summed E-state index contributed by atoms with van der Waals surface area (Å²) < 4.78 is 0. The van der Waals surface area contributed by atoms with Crippen LogP contribution in [0.5, 0.6) is 0 Å². The van der Waals surface area contributed by atoms with Crippen molar-refractivity contribution in [3.63, 3.8) is 0 Å². The van der Waals surface area contributed by atoms with Crippen molar-refractivity contribution < 1.29 is 4.79 Å². The van der Waals surface area contributed by atoms with E-state index < -0.39 is 0 Å². The zero-order valence-corrected chi connectivity index (χ0v) is 10.2. The largest absolute Gasteiger partial charge is 0.340 e. The van der Waals surface area contributed by atoms with Crippen LogP contribution in [0.4, 0.5) is 0 Å². The van der Waals surface area contributed by atoms with Gasteiger partial charge in [-0.1, -0.05) is 6.07 Å². The van der Waals surface area contributed by atoms with Crippen LogP contribution in [-0.2, 0) is 11.3 Å². The molecule has 1 aromatic rings. The van der Waals surface area contributed by atoms with Gasteiger partial charge in [0.25, 0.3) is 0 Å². The highest BCUT2D eigenvalue weighted by atomic mass is 16.2. The van der Waals surface area contributed by atoms with Crippen molar-refractivity contribution >= 4 is 5.91 Å². The number of pyridine rings is 1. The fourth-order valence-electron chi connectivity index (χ4n) is 2.19. The summed E-state index contributed by atoms with van der Waals surface area (Å²) in [5.41, 5.74) is 0.937. The highest BCUT2D eigenvalue weighted by Crippen LogP contribution is 2.13. The first-order valence-electron chi connectivity index (χ1n) is 6.13. The summed E-state index contributed by atoms with van der Waals surface area (Å²) in [7, 11) is 1.85. The maximum atomic E-state index is 12.2. The third kappa shape index (κ3) is 3.27. The molecule has 1 aliphatic heterocycles. The molecule has 1 aromatic heterocycles. The molecule has 0 spiro atoms. The average molecular weight is 233 g/mol. The van der Waals surface area contributed by atoms with Gasteiger partial charge in [-0.3, -0.25) is 9.78 Å². The van der Waals surface area contributed by atoms with Crippen molar-refractivity contribution in [2.24, 2.45) is 5.92 Å². The second-order valence-electron chi connectivity index (χ2n) is 4.56. The van der Waals surface area contributed by atoms with Gasteiger partial charge >= 0.3 is 0 Å². The number of carbonyl (C=O) groups is 1. The normalized spacial score (nSPS) is 19.9. The number of aromatic nitrogens is 1. The molecule has 0 aliphatic carbocycles. The van der Waals surface area contributed by atoms with Gasteiger partial charge in [-0.2, -0.15) is 0 Å². The van der Waals surface area contributed by atoms with Gasteiger partial charge in [0, 0.05) is 19.8 Å². The highest BCUT2D eigenvalue weighted by Gasteiger charge is 2.23. The van der Waals surface area contributed by atoms with Crippen molar-refractivity contribution in [1.82, 2.24) is 15.2 Å². The maximum absolute atomic E-state index is 12.2. The lowest BCUT2D eigenvalue weighted by atomic mass is 9.98. The first-order valence-corrected chi connectivity index (χ1v) is 6.13. The number of hydrogen-bond acceptors (Lipinski definition) is 3. The topological polar surface area (TPSA) is 45.2 Å². The summed E-state index contributed by atoms with van der Waals surface area (Å²) in [6.07, 6.45) is 3.85. The van der Waals surface area contributed by atoms with E-state index in [0.29, 0.717) is 6.54 Å². The van der Waals surface area contributed by atoms with Gasteiger partial charge in [0.05, 0.1) is 18.2 Å². The Kier molecular flexibility index (Phi) is 4.09. The summed E-state index contributed by atoms with van der Waals surface area (Å²) >= 11 is 0. The van der Waals surface area contributed by atoms with Crippen molar-refractivity contribution in [3.8, 4) is 0 Å². The molecule has 2 rings (SSSR count). The van der Waals surface area contributed by atoms with E-state index in [4.69, 9.17) is 0 Å². The highest BCUT2D eigenvalue weighted by molar-refractivity contribution is 5.78. The molecule has 1 N–H and O–H groups in total. The minimum absolute atomic E-state index is 0.137. The molecule has 1 saturated heterocycles. The number of piperidine rings is 1. The van der Waals surface area contributed by atoms with E-state index in [0.717, 1.165) is 31.6 Å². The van der Waals surface area contributed by atoms with Crippen LogP contribution in [0.3, 0.4) is 0 Å². The van der Waals surface area contributed by atoms with E-state index in [-0.39, 0.29) is 11.8 Å². The van der Waals surface area contributed by atoms with Crippen LogP contribution in [0.2, 0.25) is 0 Å². The average Bonchev–Trinajstić information content (AvgIpc) is 2.40. The molecule has 17 heavy (non-hydrogen) atoms. The number of hydrogen-bond donors (Lipinski definition) is 1. The maximum Gasteiger partial charge on any atom is 0.227 e. The van der Waals surface area contributed by atoms with Crippen molar-refractivity contribution in [2.75, 3.05) is 20.1 Å². The molecule has 1 fully saturated rings. The van der Waals surface area contributed by atoms with Gasteiger partial charge in [-0.05, 0) is 31.5 Å². The molecular formula is C13H19N3O. The van der Waals surface area contributed by atoms with Crippen LogP contribution in [0.15, 0.2) is 24.4 Å². The SMILES string of the molecule is CN(Cc1ccccn1)C(=O)[C@H]1CCCNC1. The lowest BCUT2D eigenvalue weighted by Gasteiger charge is -2.26. The Morgan fingerprint density at radius 1 is 1.59 bits per heavy atom. The van der Waals surface area contributed by atoms with E-state index in [1.54, 1.807) is 11.1 Å². The lowest BCUT2D eigenvalue weighted by Crippen LogP contribution is -2.41.